The SMILES string of the molecule is CCN(c1ccccc1F)c1ccc([C@H](C)N)cc1Br. The summed E-state index contributed by atoms with van der Waals surface area (Å²) in [6.45, 7) is 4.62. The highest BCUT2D eigenvalue weighted by molar-refractivity contribution is 9.10. The summed E-state index contributed by atoms with van der Waals surface area (Å²) in [6.07, 6.45) is 0. The molecule has 0 aliphatic carbocycles. The molecule has 2 N–H and O–H groups in total. The average Bonchev–Trinajstić information content (AvgIpc) is 2.43. The Labute approximate surface area is 127 Å². The van der Waals surface area contributed by atoms with Crippen molar-refractivity contribution in [2.75, 3.05) is 11.4 Å². The smallest absolute Gasteiger partial charge is 0.146 e. The van der Waals surface area contributed by atoms with Gasteiger partial charge in [-0.15, -0.1) is 0 Å². The van der Waals surface area contributed by atoms with E-state index in [0.29, 0.717) is 12.2 Å². The van der Waals surface area contributed by atoms with Crippen LogP contribution in [0.1, 0.15) is 25.5 Å². The van der Waals surface area contributed by atoms with Gasteiger partial charge in [0, 0.05) is 17.1 Å². The molecule has 0 spiro atoms. The fourth-order valence-electron chi connectivity index (χ4n) is 2.17. The largest absolute Gasteiger partial charge is 0.338 e. The van der Waals surface area contributed by atoms with Crippen LogP contribution >= 0.6 is 15.9 Å². The molecule has 0 saturated heterocycles. The van der Waals surface area contributed by atoms with Crippen molar-refractivity contribution < 1.29 is 4.39 Å². The number of anilines is 2. The van der Waals surface area contributed by atoms with Gasteiger partial charge in [-0.2, -0.15) is 0 Å². The van der Waals surface area contributed by atoms with Gasteiger partial charge in [0.1, 0.15) is 5.82 Å². The van der Waals surface area contributed by atoms with Crippen molar-refractivity contribution in [1.29, 1.82) is 0 Å². The van der Waals surface area contributed by atoms with E-state index in [-0.39, 0.29) is 11.9 Å². The second-order valence-corrected chi connectivity index (χ2v) is 5.55. The topological polar surface area (TPSA) is 29.3 Å². The van der Waals surface area contributed by atoms with Gasteiger partial charge in [0.05, 0.1) is 11.4 Å². The Bertz CT molecular complexity index is 599. The number of halogens is 2. The van der Waals surface area contributed by atoms with E-state index < -0.39 is 0 Å². The van der Waals surface area contributed by atoms with Crippen molar-refractivity contribution in [3.05, 3.63) is 58.3 Å². The molecule has 106 valence electrons. The molecule has 0 unspecified atom stereocenters. The Morgan fingerprint density at radius 2 is 1.90 bits per heavy atom. The predicted octanol–water partition coefficient (Wildman–Crippen LogP) is 4.77. The summed E-state index contributed by atoms with van der Waals surface area (Å²) in [4.78, 5) is 1.93. The van der Waals surface area contributed by atoms with Gasteiger partial charge in [0.15, 0.2) is 0 Å². The van der Waals surface area contributed by atoms with Crippen molar-refractivity contribution in [3.63, 3.8) is 0 Å². The molecule has 4 heteroatoms. The predicted molar refractivity (Wildman–Crippen MR) is 85.8 cm³/mol. The van der Waals surface area contributed by atoms with Gasteiger partial charge in [0.25, 0.3) is 0 Å². The minimum absolute atomic E-state index is 0.0242. The zero-order valence-electron chi connectivity index (χ0n) is 11.6. The van der Waals surface area contributed by atoms with Gasteiger partial charge in [-0.1, -0.05) is 18.2 Å². The Kier molecular flexibility index (Phi) is 4.78. The van der Waals surface area contributed by atoms with E-state index in [0.717, 1.165) is 15.7 Å². The zero-order valence-corrected chi connectivity index (χ0v) is 13.2. The van der Waals surface area contributed by atoms with Crippen LogP contribution in [0, 0.1) is 5.82 Å². The van der Waals surface area contributed by atoms with E-state index in [9.17, 15) is 4.39 Å². The maximum Gasteiger partial charge on any atom is 0.146 e. The normalized spacial score (nSPS) is 12.2. The van der Waals surface area contributed by atoms with Crippen LogP contribution in [0.25, 0.3) is 0 Å². The number of para-hydroxylation sites is 1. The van der Waals surface area contributed by atoms with Crippen molar-refractivity contribution >= 4 is 27.3 Å². The highest BCUT2D eigenvalue weighted by Gasteiger charge is 2.15. The summed E-state index contributed by atoms with van der Waals surface area (Å²) in [6, 6.07) is 12.7. The molecule has 0 aliphatic heterocycles. The Balaban J connectivity index is 2.45. The number of nitrogens with two attached hydrogens (primary N) is 1. The maximum atomic E-state index is 14.0. The first kappa shape index (κ1) is 15.0. The zero-order chi connectivity index (χ0) is 14.7. The van der Waals surface area contributed by atoms with Crippen LogP contribution in [0.15, 0.2) is 46.9 Å². The highest BCUT2D eigenvalue weighted by atomic mass is 79.9. The fourth-order valence-corrected chi connectivity index (χ4v) is 2.78. The van der Waals surface area contributed by atoms with Gasteiger partial charge in [-0.05, 0) is 59.6 Å². The van der Waals surface area contributed by atoms with Crippen LogP contribution < -0.4 is 10.6 Å². The molecule has 0 amide bonds. The summed E-state index contributed by atoms with van der Waals surface area (Å²) >= 11 is 3.56. The molecular weight excluding hydrogens is 319 g/mol. The minimum atomic E-state index is -0.225. The molecule has 2 rings (SSSR count). The molecule has 0 radical (unpaired) electrons. The summed E-state index contributed by atoms with van der Waals surface area (Å²) in [7, 11) is 0. The van der Waals surface area contributed by atoms with Gasteiger partial charge in [0.2, 0.25) is 0 Å². The summed E-state index contributed by atoms with van der Waals surface area (Å²) in [5.41, 5.74) is 8.43. The molecule has 2 aromatic rings. The third-order valence-electron chi connectivity index (χ3n) is 3.25. The molecule has 0 aromatic heterocycles. The summed E-state index contributed by atoms with van der Waals surface area (Å²) in [5, 5.41) is 0. The molecule has 1 atom stereocenters. The monoisotopic (exact) mass is 336 g/mol. The quantitative estimate of drug-likeness (QED) is 0.871. The van der Waals surface area contributed by atoms with E-state index in [4.69, 9.17) is 5.73 Å². The number of hydrogen-bond donors (Lipinski definition) is 1. The standard InChI is InChI=1S/C16H18BrFN2/c1-3-20(16-7-5-4-6-14(16)18)15-9-8-12(11(2)19)10-13(15)17/h4-11H,3,19H2,1-2H3/t11-/m0/s1. The molecule has 20 heavy (non-hydrogen) atoms. The number of rotatable bonds is 4. The molecule has 0 heterocycles. The molecule has 2 aromatic carbocycles. The molecule has 0 fully saturated rings. The van der Waals surface area contributed by atoms with Crippen molar-refractivity contribution in [1.82, 2.24) is 0 Å². The van der Waals surface area contributed by atoms with Crippen LogP contribution in [0.3, 0.4) is 0 Å². The maximum absolute atomic E-state index is 14.0. The van der Waals surface area contributed by atoms with Crippen LogP contribution in [-0.4, -0.2) is 6.54 Å². The van der Waals surface area contributed by atoms with Crippen molar-refractivity contribution in [2.24, 2.45) is 5.73 Å². The van der Waals surface area contributed by atoms with Gasteiger partial charge < -0.3 is 10.6 Å². The Morgan fingerprint density at radius 3 is 2.45 bits per heavy atom. The number of benzene rings is 2. The first-order chi connectivity index (χ1) is 9.54. The van der Waals surface area contributed by atoms with Crippen LogP contribution in [-0.2, 0) is 0 Å². The van der Waals surface area contributed by atoms with E-state index in [2.05, 4.69) is 15.9 Å². The van der Waals surface area contributed by atoms with E-state index in [1.165, 1.54) is 6.07 Å². The van der Waals surface area contributed by atoms with Gasteiger partial charge in [-0.3, -0.25) is 0 Å². The molecule has 0 aliphatic rings. The average molecular weight is 337 g/mol. The Hall–Kier alpha value is -1.39. The third-order valence-corrected chi connectivity index (χ3v) is 3.88. The fraction of sp³-hybridized carbons (Fsp3) is 0.250. The first-order valence-corrected chi connectivity index (χ1v) is 7.41. The third kappa shape index (κ3) is 3.02. The summed E-state index contributed by atoms with van der Waals surface area (Å²) < 4.78 is 14.9. The second-order valence-electron chi connectivity index (χ2n) is 4.70. The lowest BCUT2D eigenvalue weighted by Crippen LogP contribution is -2.18. The lowest BCUT2D eigenvalue weighted by Gasteiger charge is -2.25. The Morgan fingerprint density at radius 1 is 1.20 bits per heavy atom. The lowest BCUT2D eigenvalue weighted by atomic mass is 10.1. The van der Waals surface area contributed by atoms with Crippen LogP contribution in [0.5, 0.6) is 0 Å². The lowest BCUT2D eigenvalue weighted by molar-refractivity contribution is 0.625. The molecule has 0 saturated carbocycles. The molecular formula is C16H18BrFN2. The first-order valence-electron chi connectivity index (χ1n) is 6.61. The molecule has 0 bridgehead atoms. The van der Waals surface area contributed by atoms with Crippen molar-refractivity contribution in [2.45, 2.75) is 19.9 Å². The van der Waals surface area contributed by atoms with Gasteiger partial charge >= 0.3 is 0 Å². The van der Waals surface area contributed by atoms with E-state index in [1.54, 1.807) is 12.1 Å². The van der Waals surface area contributed by atoms with Crippen LogP contribution in [0.4, 0.5) is 15.8 Å². The highest BCUT2D eigenvalue weighted by Crippen LogP contribution is 2.34. The van der Waals surface area contributed by atoms with E-state index >= 15 is 0 Å². The summed E-state index contributed by atoms with van der Waals surface area (Å²) in [5.74, 6) is -0.225. The van der Waals surface area contributed by atoms with Crippen LogP contribution in [0.2, 0.25) is 0 Å². The minimum Gasteiger partial charge on any atom is -0.338 e. The molecule has 2 nitrogen and oxygen atoms in total. The number of nitrogens with zero attached hydrogens (tertiary/aromatic N) is 1. The second kappa shape index (κ2) is 6.37. The number of hydrogen-bond acceptors (Lipinski definition) is 2. The van der Waals surface area contributed by atoms with E-state index in [1.807, 2.05) is 43.0 Å². The van der Waals surface area contributed by atoms with Crippen molar-refractivity contribution in [3.8, 4) is 0 Å². The van der Waals surface area contributed by atoms with Gasteiger partial charge in [-0.25, -0.2) is 4.39 Å².